The molecule has 1 N–H and O–H groups in total. The van der Waals surface area contributed by atoms with Gasteiger partial charge in [0.05, 0.1) is 6.26 Å². The molecule has 0 aromatic heterocycles. The Morgan fingerprint density at radius 3 is 2.09 bits per heavy atom. The molecule has 5 heteroatoms. The average Bonchev–Trinajstić information content (AvgIpc) is 2.46. The minimum absolute atomic E-state index is 0.715. The monoisotopic (exact) mass is 349 g/mol. The van der Waals surface area contributed by atoms with Crippen molar-refractivity contribution >= 4 is 10.1 Å². The highest BCUT2D eigenvalue weighted by Gasteiger charge is 2.20. The molecule has 1 heterocycles. The molecule has 23 heavy (non-hydrogen) atoms. The standard InChI is InChI=1S/C17H35N.CH4O3S/c1-3-5-6-7-8-9-11-15-18-16-12-10-14-17(18)13-4-2;1-5(2,3)4/h17H,3-16H2,1-2H3;1H3,(H,2,3,4). The SMILES string of the molecule is CCCCCCCCCN1CCCCC1CCC.CS(=O)(=O)O. The highest BCUT2D eigenvalue weighted by Crippen LogP contribution is 2.21. The molecule has 1 aliphatic heterocycles. The van der Waals surface area contributed by atoms with Crippen molar-refractivity contribution < 1.29 is 13.0 Å². The number of hydrogen-bond donors (Lipinski definition) is 1. The summed E-state index contributed by atoms with van der Waals surface area (Å²) in [5, 5.41) is 0. The lowest BCUT2D eigenvalue weighted by molar-refractivity contribution is 0.136. The zero-order valence-corrected chi connectivity index (χ0v) is 16.4. The highest BCUT2D eigenvalue weighted by molar-refractivity contribution is 7.85. The van der Waals surface area contributed by atoms with E-state index in [1.54, 1.807) is 0 Å². The summed E-state index contributed by atoms with van der Waals surface area (Å²) in [6.45, 7) is 7.38. The first-order valence-electron chi connectivity index (χ1n) is 9.55. The molecule has 1 rings (SSSR count). The maximum Gasteiger partial charge on any atom is 0.261 e. The topological polar surface area (TPSA) is 57.6 Å². The first-order valence-corrected chi connectivity index (χ1v) is 11.4. The molecule has 1 saturated heterocycles. The molecule has 1 unspecified atom stereocenters. The summed E-state index contributed by atoms with van der Waals surface area (Å²) in [4.78, 5) is 2.79. The lowest BCUT2D eigenvalue weighted by Crippen LogP contribution is -2.39. The van der Waals surface area contributed by atoms with Crippen LogP contribution in [0.3, 0.4) is 0 Å². The Labute approximate surface area is 144 Å². The summed E-state index contributed by atoms with van der Waals surface area (Å²) < 4.78 is 25.9. The predicted molar refractivity (Wildman–Crippen MR) is 99.6 cm³/mol. The van der Waals surface area contributed by atoms with Crippen molar-refractivity contribution in [3.63, 3.8) is 0 Å². The second kappa shape index (κ2) is 14.2. The fourth-order valence-electron chi connectivity index (χ4n) is 3.29. The second-order valence-electron chi connectivity index (χ2n) is 6.83. The van der Waals surface area contributed by atoms with Crippen LogP contribution in [-0.2, 0) is 10.1 Å². The van der Waals surface area contributed by atoms with Gasteiger partial charge in [-0.3, -0.25) is 4.55 Å². The largest absolute Gasteiger partial charge is 0.300 e. The van der Waals surface area contributed by atoms with Crippen LogP contribution < -0.4 is 0 Å². The minimum atomic E-state index is -3.67. The number of nitrogens with zero attached hydrogens (tertiary/aromatic N) is 1. The summed E-state index contributed by atoms with van der Waals surface area (Å²) in [6.07, 6.45) is 18.0. The number of rotatable bonds is 10. The third-order valence-corrected chi connectivity index (χ3v) is 4.42. The molecule has 1 fully saturated rings. The van der Waals surface area contributed by atoms with Gasteiger partial charge in [-0.05, 0) is 38.8 Å². The Hall–Kier alpha value is -0.130. The van der Waals surface area contributed by atoms with Gasteiger partial charge in [0.25, 0.3) is 10.1 Å². The zero-order valence-electron chi connectivity index (χ0n) is 15.6. The minimum Gasteiger partial charge on any atom is -0.300 e. The molecule has 0 bridgehead atoms. The van der Waals surface area contributed by atoms with Crippen molar-refractivity contribution in [3.8, 4) is 0 Å². The van der Waals surface area contributed by atoms with Gasteiger partial charge >= 0.3 is 0 Å². The Morgan fingerprint density at radius 2 is 1.52 bits per heavy atom. The van der Waals surface area contributed by atoms with Crippen molar-refractivity contribution in [3.05, 3.63) is 0 Å². The maximum atomic E-state index is 9.19. The van der Waals surface area contributed by atoms with Crippen LogP contribution in [0.4, 0.5) is 0 Å². The van der Waals surface area contributed by atoms with E-state index in [9.17, 15) is 8.42 Å². The third kappa shape index (κ3) is 16.5. The number of hydrogen-bond acceptors (Lipinski definition) is 3. The van der Waals surface area contributed by atoms with E-state index in [4.69, 9.17) is 4.55 Å². The molecule has 1 aliphatic rings. The molecule has 0 saturated carbocycles. The van der Waals surface area contributed by atoms with E-state index >= 15 is 0 Å². The average molecular weight is 350 g/mol. The maximum absolute atomic E-state index is 9.19. The number of piperidine rings is 1. The summed E-state index contributed by atoms with van der Waals surface area (Å²) in [6, 6.07) is 0.920. The molecule has 0 aliphatic carbocycles. The third-order valence-electron chi connectivity index (χ3n) is 4.42. The van der Waals surface area contributed by atoms with Crippen molar-refractivity contribution in [2.45, 2.75) is 96.9 Å². The summed E-state index contributed by atoms with van der Waals surface area (Å²) in [5.41, 5.74) is 0. The molecule has 140 valence electrons. The molecule has 4 nitrogen and oxygen atoms in total. The van der Waals surface area contributed by atoms with E-state index in [1.807, 2.05) is 0 Å². The van der Waals surface area contributed by atoms with Crippen LogP contribution in [0.2, 0.25) is 0 Å². The first-order chi connectivity index (χ1) is 10.9. The molecular weight excluding hydrogens is 310 g/mol. The quantitative estimate of drug-likeness (QED) is 0.450. The van der Waals surface area contributed by atoms with Gasteiger partial charge in [0.15, 0.2) is 0 Å². The van der Waals surface area contributed by atoms with Crippen LogP contribution in [0.15, 0.2) is 0 Å². The van der Waals surface area contributed by atoms with Crippen LogP contribution in [0.25, 0.3) is 0 Å². The van der Waals surface area contributed by atoms with Crippen LogP contribution in [0.5, 0.6) is 0 Å². The van der Waals surface area contributed by atoms with Gasteiger partial charge in [-0.25, -0.2) is 0 Å². The number of likely N-dealkylation sites (tertiary alicyclic amines) is 1. The van der Waals surface area contributed by atoms with Gasteiger partial charge in [0.2, 0.25) is 0 Å². The Bertz CT molecular complexity index is 347. The fraction of sp³-hybridized carbons (Fsp3) is 1.00. The number of unbranched alkanes of at least 4 members (excludes halogenated alkanes) is 6. The van der Waals surface area contributed by atoms with Gasteiger partial charge in [0.1, 0.15) is 0 Å². The van der Waals surface area contributed by atoms with Gasteiger partial charge in [-0.2, -0.15) is 8.42 Å². The van der Waals surface area contributed by atoms with Crippen LogP contribution in [0, 0.1) is 0 Å². The van der Waals surface area contributed by atoms with E-state index in [1.165, 1.54) is 90.1 Å². The van der Waals surface area contributed by atoms with Crippen LogP contribution in [0.1, 0.15) is 90.9 Å². The van der Waals surface area contributed by atoms with Gasteiger partial charge in [0, 0.05) is 6.04 Å². The van der Waals surface area contributed by atoms with Gasteiger partial charge in [-0.1, -0.05) is 65.2 Å². The van der Waals surface area contributed by atoms with E-state index in [0.29, 0.717) is 6.26 Å². The van der Waals surface area contributed by atoms with E-state index in [0.717, 1.165) is 6.04 Å². The summed E-state index contributed by atoms with van der Waals surface area (Å²) in [7, 11) is -3.67. The molecule has 1 atom stereocenters. The molecule has 0 spiro atoms. The van der Waals surface area contributed by atoms with Crippen molar-refractivity contribution in [1.82, 2.24) is 4.90 Å². The lowest BCUT2D eigenvalue weighted by atomic mass is 9.97. The Kier molecular flexibility index (Phi) is 14.2. The molecule has 0 amide bonds. The highest BCUT2D eigenvalue weighted by atomic mass is 32.2. The lowest BCUT2D eigenvalue weighted by Gasteiger charge is -2.35. The van der Waals surface area contributed by atoms with Gasteiger partial charge < -0.3 is 4.90 Å². The molecule has 0 aromatic rings. The van der Waals surface area contributed by atoms with E-state index < -0.39 is 10.1 Å². The summed E-state index contributed by atoms with van der Waals surface area (Å²) >= 11 is 0. The summed E-state index contributed by atoms with van der Waals surface area (Å²) in [5.74, 6) is 0. The van der Waals surface area contributed by atoms with Crippen molar-refractivity contribution in [2.75, 3.05) is 19.3 Å². The predicted octanol–water partition coefficient (Wildman–Crippen LogP) is 4.90. The second-order valence-corrected chi connectivity index (χ2v) is 8.29. The zero-order chi connectivity index (χ0) is 17.6. The van der Waals surface area contributed by atoms with Gasteiger partial charge in [-0.15, -0.1) is 0 Å². The smallest absolute Gasteiger partial charge is 0.261 e. The van der Waals surface area contributed by atoms with E-state index in [-0.39, 0.29) is 0 Å². The Balaban J connectivity index is 0.000000841. The van der Waals surface area contributed by atoms with E-state index in [2.05, 4.69) is 18.7 Å². The van der Waals surface area contributed by atoms with Crippen molar-refractivity contribution in [1.29, 1.82) is 0 Å². The van der Waals surface area contributed by atoms with Crippen LogP contribution in [-0.4, -0.2) is 43.3 Å². The normalized spacial score (nSPS) is 19.2. The van der Waals surface area contributed by atoms with Crippen molar-refractivity contribution in [2.24, 2.45) is 0 Å². The fourth-order valence-corrected chi connectivity index (χ4v) is 3.29. The van der Waals surface area contributed by atoms with Crippen LogP contribution >= 0.6 is 0 Å². The molecule has 0 aromatic carbocycles. The molecule has 0 radical (unpaired) electrons. The molecular formula is C18H39NO3S. The Morgan fingerprint density at radius 1 is 0.957 bits per heavy atom. The first kappa shape index (κ1) is 22.9.